The van der Waals surface area contributed by atoms with Crippen LogP contribution in [0.25, 0.3) is 0 Å². The highest BCUT2D eigenvalue weighted by molar-refractivity contribution is 5.93. The van der Waals surface area contributed by atoms with Crippen molar-refractivity contribution in [2.75, 3.05) is 4.90 Å². The fourth-order valence-corrected chi connectivity index (χ4v) is 1.69. The van der Waals surface area contributed by atoms with Crippen LogP contribution in [-0.2, 0) is 14.3 Å². The molecule has 120 valence electrons. The van der Waals surface area contributed by atoms with Gasteiger partial charge in [-0.25, -0.2) is 0 Å². The number of hydrogen-bond acceptors (Lipinski definition) is 5. The number of nitriles is 2. The van der Waals surface area contributed by atoms with Gasteiger partial charge in [0.2, 0.25) is 5.91 Å². The molecule has 1 aromatic rings. The van der Waals surface area contributed by atoms with Gasteiger partial charge in [-0.05, 0) is 24.3 Å². The van der Waals surface area contributed by atoms with Crippen LogP contribution in [0.2, 0.25) is 0 Å². The average molecular weight is 321 g/mol. The monoisotopic (exact) mass is 321 g/mol. The molecule has 0 N–H and O–H groups in total. The lowest BCUT2D eigenvalue weighted by Gasteiger charge is -2.15. The Labute approximate surface area is 140 Å². The van der Waals surface area contributed by atoms with Gasteiger partial charge in [-0.2, -0.15) is 10.5 Å². The highest BCUT2D eigenvalue weighted by Gasteiger charge is 2.07. The minimum Gasteiger partial charge on any atom is -0.427 e. The van der Waals surface area contributed by atoms with E-state index in [0.29, 0.717) is 5.69 Å². The zero-order valence-electron chi connectivity index (χ0n) is 13.3. The van der Waals surface area contributed by atoms with E-state index in [-0.39, 0.29) is 17.2 Å². The molecule has 0 saturated heterocycles. The van der Waals surface area contributed by atoms with E-state index < -0.39 is 5.97 Å². The third-order valence-electron chi connectivity index (χ3n) is 2.66. The smallest absolute Gasteiger partial charge is 0.308 e. The topological polar surface area (TPSA) is 94.2 Å². The van der Waals surface area contributed by atoms with Gasteiger partial charge in [-0.15, -0.1) is 0 Å². The third kappa shape index (κ3) is 6.00. The summed E-state index contributed by atoms with van der Waals surface area (Å²) in [6, 6.07) is 12.3. The molecule has 0 unspecified atom stereocenters. The van der Waals surface area contributed by atoms with Crippen molar-refractivity contribution in [1.29, 1.82) is 10.5 Å². The van der Waals surface area contributed by atoms with Crippen LogP contribution >= 0.6 is 0 Å². The molecule has 0 aliphatic carbocycles. The number of amides is 1. The quantitative estimate of drug-likeness (QED) is 0.359. The summed E-state index contributed by atoms with van der Waals surface area (Å²) in [5.41, 5.74) is 0.469. The number of esters is 1. The Bertz CT molecular complexity index is 762. The van der Waals surface area contributed by atoms with Gasteiger partial charge in [0, 0.05) is 31.8 Å². The normalized spacial score (nSPS) is 10.4. The number of hydrogen-bond donors (Lipinski definition) is 0. The molecule has 1 rings (SSSR count). The number of anilines is 1. The SMILES string of the molecule is CC(=O)O/C(C=C(C#N)C#N)=C/C=C/N(C(C)=O)c1ccccc1. The molecule has 0 saturated carbocycles. The van der Waals surface area contributed by atoms with Crippen molar-refractivity contribution in [3.63, 3.8) is 0 Å². The molecule has 0 atom stereocenters. The molecule has 0 bridgehead atoms. The Morgan fingerprint density at radius 3 is 2.25 bits per heavy atom. The van der Waals surface area contributed by atoms with Crippen molar-refractivity contribution in [2.45, 2.75) is 13.8 Å². The molecule has 6 nitrogen and oxygen atoms in total. The van der Waals surface area contributed by atoms with Crippen LogP contribution in [0.1, 0.15) is 13.8 Å². The van der Waals surface area contributed by atoms with Crippen LogP contribution in [0, 0.1) is 22.7 Å². The molecule has 0 fully saturated rings. The van der Waals surface area contributed by atoms with E-state index in [0.717, 1.165) is 6.08 Å². The van der Waals surface area contributed by atoms with Crippen molar-refractivity contribution >= 4 is 17.6 Å². The van der Waals surface area contributed by atoms with Crippen LogP contribution in [0.5, 0.6) is 0 Å². The number of allylic oxidation sites excluding steroid dienone is 4. The Hall–Kier alpha value is -3.64. The molecule has 0 aliphatic rings. The summed E-state index contributed by atoms with van der Waals surface area (Å²) >= 11 is 0. The van der Waals surface area contributed by atoms with E-state index in [2.05, 4.69) is 0 Å². The highest BCUT2D eigenvalue weighted by Crippen LogP contribution is 2.14. The second kappa shape index (κ2) is 9.39. The molecule has 1 aromatic carbocycles. The number of nitrogens with zero attached hydrogens (tertiary/aromatic N) is 3. The number of carbonyl (C=O) groups is 2. The fraction of sp³-hybridized carbons (Fsp3) is 0.111. The molecular weight excluding hydrogens is 306 g/mol. The number of rotatable bonds is 5. The molecule has 6 heteroatoms. The summed E-state index contributed by atoms with van der Waals surface area (Å²) in [6.07, 6.45) is 5.50. The van der Waals surface area contributed by atoms with Gasteiger partial charge < -0.3 is 4.74 Å². The Kier molecular flexibility index (Phi) is 7.20. The molecule has 0 aromatic heterocycles. The number of para-hydroxylation sites is 1. The van der Waals surface area contributed by atoms with Crippen LogP contribution < -0.4 is 4.90 Å². The van der Waals surface area contributed by atoms with E-state index in [4.69, 9.17) is 15.3 Å². The maximum absolute atomic E-state index is 11.7. The zero-order chi connectivity index (χ0) is 17.9. The lowest BCUT2D eigenvalue weighted by Crippen LogP contribution is -2.21. The second-order valence-electron chi connectivity index (χ2n) is 4.51. The first-order valence-corrected chi connectivity index (χ1v) is 6.91. The Morgan fingerprint density at radius 2 is 1.75 bits per heavy atom. The first-order chi connectivity index (χ1) is 11.5. The molecule has 1 amide bonds. The number of carbonyl (C=O) groups excluding carboxylic acids is 2. The van der Waals surface area contributed by atoms with Gasteiger partial charge in [-0.3, -0.25) is 14.5 Å². The van der Waals surface area contributed by atoms with Crippen molar-refractivity contribution in [2.24, 2.45) is 0 Å². The minimum absolute atomic E-state index is 0.0217. The zero-order valence-corrected chi connectivity index (χ0v) is 13.3. The lowest BCUT2D eigenvalue weighted by atomic mass is 10.2. The van der Waals surface area contributed by atoms with Gasteiger partial charge in [0.1, 0.15) is 23.5 Å². The van der Waals surface area contributed by atoms with Crippen LogP contribution in [0.15, 0.2) is 66.1 Å². The summed E-state index contributed by atoms with van der Waals surface area (Å²) in [4.78, 5) is 24.2. The van der Waals surface area contributed by atoms with E-state index >= 15 is 0 Å². The molecule has 0 spiro atoms. The second-order valence-corrected chi connectivity index (χ2v) is 4.51. The van der Waals surface area contributed by atoms with Gasteiger partial charge in [-0.1, -0.05) is 18.2 Å². The van der Waals surface area contributed by atoms with Crippen molar-refractivity contribution in [3.05, 3.63) is 66.1 Å². The molecular formula is C18H15N3O3. The van der Waals surface area contributed by atoms with Gasteiger partial charge >= 0.3 is 5.97 Å². The molecule has 0 radical (unpaired) electrons. The fourth-order valence-electron chi connectivity index (χ4n) is 1.69. The first-order valence-electron chi connectivity index (χ1n) is 6.91. The molecule has 24 heavy (non-hydrogen) atoms. The number of ether oxygens (including phenoxy) is 1. The van der Waals surface area contributed by atoms with Crippen molar-refractivity contribution < 1.29 is 14.3 Å². The van der Waals surface area contributed by atoms with E-state index in [1.165, 1.54) is 37.1 Å². The van der Waals surface area contributed by atoms with Crippen LogP contribution in [-0.4, -0.2) is 11.9 Å². The predicted octanol–water partition coefficient (Wildman–Crippen LogP) is 2.97. The first kappa shape index (κ1) is 18.4. The van der Waals surface area contributed by atoms with Gasteiger partial charge in [0.05, 0.1) is 0 Å². The minimum atomic E-state index is -0.590. The van der Waals surface area contributed by atoms with Gasteiger partial charge in [0.15, 0.2) is 0 Å². The third-order valence-corrected chi connectivity index (χ3v) is 2.66. The van der Waals surface area contributed by atoms with Crippen molar-refractivity contribution in [1.82, 2.24) is 0 Å². The summed E-state index contributed by atoms with van der Waals surface area (Å²) in [5.74, 6) is -0.772. The highest BCUT2D eigenvalue weighted by atomic mass is 16.5. The summed E-state index contributed by atoms with van der Waals surface area (Å²) < 4.78 is 4.92. The van der Waals surface area contributed by atoms with Crippen LogP contribution in [0.4, 0.5) is 5.69 Å². The number of benzene rings is 1. The predicted molar refractivity (Wildman–Crippen MR) is 87.9 cm³/mol. The van der Waals surface area contributed by atoms with E-state index in [1.54, 1.807) is 36.4 Å². The summed E-state index contributed by atoms with van der Waals surface area (Å²) in [5, 5.41) is 17.5. The van der Waals surface area contributed by atoms with E-state index in [1.807, 2.05) is 6.07 Å². The Morgan fingerprint density at radius 1 is 1.12 bits per heavy atom. The summed E-state index contributed by atoms with van der Waals surface area (Å²) in [7, 11) is 0. The van der Waals surface area contributed by atoms with Crippen molar-refractivity contribution in [3.8, 4) is 12.1 Å². The molecule has 0 aliphatic heterocycles. The standard InChI is InChI=1S/C18H15N3O3/c1-14(22)21(17-7-4-3-5-8-17)10-6-9-18(24-15(2)23)11-16(12-19)13-20/h3-11H,1-2H3/b10-6+,18-9+. The Balaban J connectivity index is 3.10. The lowest BCUT2D eigenvalue weighted by molar-refractivity contribution is -0.136. The summed E-state index contributed by atoms with van der Waals surface area (Å²) in [6.45, 7) is 2.62. The largest absolute Gasteiger partial charge is 0.427 e. The van der Waals surface area contributed by atoms with Crippen LogP contribution in [0.3, 0.4) is 0 Å². The van der Waals surface area contributed by atoms with E-state index in [9.17, 15) is 9.59 Å². The van der Waals surface area contributed by atoms with Gasteiger partial charge in [0.25, 0.3) is 0 Å². The molecule has 0 heterocycles. The average Bonchev–Trinajstić information content (AvgIpc) is 2.56. The maximum atomic E-state index is 11.7. The maximum Gasteiger partial charge on any atom is 0.308 e.